The minimum absolute atomic E-state index is 0.113. The van der Waals surface area contributed by atoms with Crippen LogP contribution in [0.3, 0.4) is 0 Å². The van der Waals surface area contributed by atoms with Gasteiger partial charge in [0.05, 0.1) is 5.56 Å². The summed E-state index contributed by atoms with van der Waals surface area (Å²) in [6, 6.07) is 7.19. The van der Waals surface area contributed by atoms with E-state index in [1.165, 1.54) is 0 Å². The maximum atomic E-state index is 9.02. The molecule has 0 unspecified atom stereocenters. The minimum atomic E-state index is 0.113. The summed E-state index contributed by atoms with van der Waals surface area (Å²) in [6.45, 7) is 0. The molecule has 0 saturated heterocycles. The molecule has 0 saturated carbocycles. The van der Waals surface area contributed by atoms with E-state index in [0.29, 0.717) is 11.1 Å². The highest BCUT2D eigenvalue weighted by molar-refractivity contribution is 6.33. The minimum Gasteiger partial charge on any atom is -0.265 e. The molecule has 5 heteroatoms. The fourth-order valence-corrected chi connectivity index (χ4v) is 1.82. The smallest absolute Gasteiger partial charge is 0.149 e. The van der Waals surface area contributed by atoms with Crippen LogP contribution in [0, 0.1) is 11.3 Å². The average molecular weight is 250 g/mol. The van der Waals surface area contributed by atoms with Crippen LogP contribution < -0.4 is 0 Å². The molecule has 0 atom stereocenters. The lowest BCUT2D eigenvalue weighted by atomic mass is 10.0. The van der Waals surface area contributed by atoms with Crippen molar-refractivity contribution in [2.24, 2.45) is 0 Å². The highest BCUT2D eigenvalue weighted by Crippen LogP contribution is 2.29. The highest BCUT2D eigenvalue weighted by atomic mass is 35.5. The molecular formula is C11H5Cl2N3. The van der Waals surface area contributed by atoms with Crippen LogP contribution in [0.15, 0.2) is 30.6 Å². The molecule has 2 heterocycles. The zero-order chi connectivity index (χ0) is 11.5. The molecule has 0 radical (unpaired) electrons. The molecule has 16 heavy (non-hydrogen) atoms. The summed E-state index contributed by atoms with van der Waals surface area (Å²) >= 11 is 11.7. The summed E-state index contributed by atoms with van der Waals surface area (Å²) in [6.07, 6.45) is 3.28. The van der Waals surface area contributed by atoms with E-state index in [0.717, 1.165) is 5.56 Å². The first-order valence-corrected chi connectivity index (χ1v) is 5.14. The molecule has 2 aromatic rings. The van der Waals surface area contributed by atoms with Gasteiger partial charge in [0.15, 0.2) is 0 Å². The van der Waals surface area contributed by atoms with E-state index >= 15 is 0 Å². The van der Waals surface area contributed by atoms with Crippen molar-refractivity contribution in [1.29, 1.82) is 5.26 Å². The molecule has 3 nitrogen and oxygen atoms in total. The molecule has 0 N–H and O–H groups in total. The van der Waals surface area contributed by atoms with Crippen LogP contribution in [0.2, 0.25) is 10.3 Å². The van der Waals surface area contributed by atoms with E-state index in [1.807, 2.05) is 6.07 Å². The second-order valence-electron chi connectivity index (χ2n) is 3.01. The first-order valence-electron chi connectivity index (χ1n) is 4.39. The van der Waals surface area contributed by atoms with Gasteiger partial charge in [-0.25, -0.2) is 4.98 Å². The molecule has 78 valence electrons. The van der Waals surface area contributed by atoms with Crippen molar-refractivity contribution in [2.75, 3.05) is 0 Å². The lowest BCUT2D eigenvalue weighted by molar-refractivity contribution is 1.29. The topological polar surface area (TPSA) is 49.6 Å². The summed E-state index contributed by atoms with van der Waals surface area (Å²) < 4.78 is 0. The van der Waals surface area contributed by atoms with Crippen LogP contribution in [-0.2, 0) is 0 Å². The lowest BCUT2D eigenvalue weighted by Crippen LogP contribution is -1.90. The molecule has 2 aromatic heterocycles. The Balaban J connectivity index is 2.70. The molecule has 0 aromatic carbocycles. The third kappa shape index (κ3) is 1.99. The fourth-order valence-electron chi connectivity index (χ4n) is 1.35. The Hall–Kier alpha value is -1.63. The predicted octanol–water partition coefficient (Wildman–Crippen LogP) is 3.32. The Labute approximate surface area is 102 Å². The first kappa shape index (κ1) is 10.9. The summed E-state index contributed by atoms with van der Waals surface area (Å²) in [5, 5.41) is 9.39. The summed E-state index contributed by atoms with van der Waals surface area (Å²) in [5.41, 5.74) is 1.81. The van der Waals surface area contributed by atoms with Crippen LogP contribution in [0.5, 0.6) is 0 Å². The van der Waals surface area contributed by atoms with Gasteiger partial charge in [-0.05, 0) is 23.8 Å². The van der Waals surface area contributed by atoms with Gasteiger partial charge < -0.3 is 0 Å². The second kappa shape index (κ2) is 4.48. The Kier molecular flexibility index (Phi) is 3.04. The second-order valence-corrected chi connectivity index (χ2v) is 3.75. The summed E-state index contributed by atoms with van der Waals surface area (Å²) in [4.78, 5) is 7.73. The zero-order valence-electron chi connectivity index (χ0n) is 7.98. The van der Waals surface area contributed by atoms with Crippen LogP contribution in [0.1, 0.15) is 5.56 Å². The SMILES string of the molecule is N#Cc1c(-c2ccncc2)cc(Cl)nc1Cl. The summed E-state index contributed by atoms with van der Waals surface area (Å²) in [7, 11) is 0. The van der Waals surface area contributed by atoms with Crippen LogP contribution in [-0.4, -0.2) is 9.97 Å². The fraction of sp³-hybridized carbons (Fsp3) is 0. The number of nitrogens with zero attached hydrogens (tertiary/aromatic N) is 3. The number of nitriles is 1. The lowest BCUT2D eigenvalue weighted by Gasteiger charge is -2.05. The number of hydrogen-bond acceptors (Lipinski definition) is 3. The quantitative estimate of drug-likeness (QED) is 0.729. The van der Waals surface area contributed by atoms with Crippen molar-refractivity contribution in [2.45, 2.75) is 0 Å². The van der Waals surface area contributed by atoms with Gasteiger partial charge in [-0.1, -0.05) is 23.2 Å². The van der Waals surface area contributed by atoms with Gasteiger partial charge in [0.25, 0.3) is 0 Å². The number of aromatic nitrogens is 2. The largest absolute Gasteiger partial charge is 0.265 e. The van der Waals surface area contributed by atoms with Crippen molar-refractivity contribution in [3.63, 3.8) is 0 Å². The highest BCUT2D eigenvalue weighted by Gasteiger charge is 2.11. The predicted molar refractivity (Wildman–Crippen MR) is 62.2 cm³/mol. The van der Waals surface area contributed by atoms with E-state index in [2.05, 4.69) is 9.97 Å². The number of halogens is 2. The molecule has 0 fully saturated rings. The van der Waals surface area contributed by atoms with Crippen molar-refractivity contribution in [3.05, 3.63) is 46.5 Å². The van der Waals surface area contributed by atoms with E-state index in [-0.39, 0.29) is 10.3 Å². The van der Waals surface area contributed by atoms with E-state index in [1.54, 1.807) is 30.6 Å². The molecule has 0 bridgehead atoms. The van der Waals surface area contributed by atoms with E-state index < -0.39 is 0 Å². The zero-order valence-corrected chi connectivity index (χ0v) is 9.50. The standard InChI is InChI=1S/C11H5Cl2N3/c12-10-5-8(7-1-3-15-4-2-7)9(6-14)11(13)16-10/h1-5H. The Bertz CT molecular complexity index is 561. The van der Waals surface area contributed by atoms with E-state index in [9.17, 15) is 0 Å². The van der Waals surface area contributed by atoms with Gasteiger partial charge in [0.2, 0.25) is 0 Å². The van der Waals surface area contributed by atoms with Gasteiger partial charge in [0.1, 0.15) is 16.4 Å². The Morgan fingerprint density at radius 3 is 2.50 bits per heavy atom. The van der Waals surface area contributed by atoms with Gasteiger partial charge in [-0.3, -0.25) is 4.98 Å². The van der Waals surface area contributed by atoms with Gasteiger partial charge >= 0.3 is 0 Å². The molecule has 0 spiro atoms. The number of hydrogen-bond donors (Lipinski definition) is 0. The maximum absolute atomic E-state index is 9.02. The first-order chi connectivity index (χ1) is 7.72. The van der Waals surface area contributed by atoms with Gasteiger partial charge in [0, 0.05) is 18.0 Å². The monoisotopic (exact) mass is 249 g/mol. The van der Waals surface area contributed by atoms with Crippen molar-refractivity contribution < 1.29 is 0 Å². The van der Waals surface area contributed by atoms with Crippen molar-refractivity contribution >= 4 is 23.2 Å². The number of rotatable bonds is 1. The average Bonchev–Trinajstić information content (AvgIpc) is 2.29. The maximum Gasteiger partial charge on any atom is 0.149 e. The molecule has 0 aliphatic rings. The van der Waals surface area contributed by atoms with Gasteiger partial charge in [-0.2, -0.15) is 5.26 Å². The molecule has 2 rings (SSSR count). The third-order valence-electron chi connectivity index (χ3n) is 2.05. The molecule has 0 aliphatic carbocycles. The van der Waals surface area contributed by atoms with Crippen molar-refractivity contribution in [3.8, 4) is 17.2 Å². The third-order valence-corrected chi connectivity index (χ3v) is 2.51. The van der Waals surface area contributed by atoms with E-state index in [4.69, 9.17) is 28.5 Å². The summed E-state index contributed by atoms with van der Waals surface area (Å²) in [5.74, 6) is 0. The normalized spacial score (nSPS) is 9.81. The molecular weight excluding hydrogens is 245 g/mol. The number of pyridine rings is 2. The van der Waals surface area contributed by atoms with Crippen LogP contribution in [0.25, 0.3) is 11.1 Å². The Morgan fingerprint density at radius 1 is 1.19 bits per heavy atom. The van der Waals surface area contributed by atoms with Crippen LogP contribution in [0.4, 0.5) is 0 Å². The molecule has 0 aliphatic heterocycles. The molecule has 0 amide bonds. The van der Waals surface area contributed by atoms with Gasteiger partial charge in [-0.15, -0.1) is 0 Å². The Morgan fingerprint density at radius 2 is 1.88 bits per heavy atom. The van der Waals surface area contributed by atoms with Crippen LogP contribution >= 0.6 is 23.2 Å². The van der Waals surface area contributed by atoms with Crippen molar-refractivity contribution in [1.82, 2.24) is 9.97 Å².